The van der Waals surface area contributed by atoms with Crippen LogP contribution in [0.25, 0.3) is 6.08 Å². The van der Waals surface area contributed by atoms with Gasteiger partial charge >= 0.3 is 5.97 Å². The monoisotopic (exact) mass is 360 g/mol. The van der Waals surface area contributed by atoms with E-state index in [9.17, 15) is 9.59 Å². The van der Waals surface area contributed by atoms with Crippen LogP contribution in [0.5, 0.6) is 0 Å². The van der Waals surface area contributed by atoms with Crippen molar-refractivity contribution in [2.75, 3.05) is 5.33 Å². The molecule has 0 saturated heterocycles. The van der Waals surface area contributed by atoms with E-state index in [-0.39, 0.29) is 5.78 Å². The molecule has 1 rings (SSSR count). The summed E-state index contributed by atoms with van der Waals surface area (Å²) < 4.78 is 0.755. The van der Waals surface area contributed by atoms with Gasteiger partial charge in [0.05, 0.1) is 0 Å². The number of halogens is 2. The van der Waals surface area contributed by atoms with Gasteiger partial charge in [-0.25, -0.2) is 4.79 Å². The summed E-state index contributed by atoms with van der Waals surface area (Å²) in [5.41, 5.74) is 1.26. The summed E-state index contributed by atoms with van der Waals surface area (Å²) in [6.45, 7) is 0. The van der Waals surface area contributed by atoms with Crippen molar-refractivity contribution in [3.8, 4) is 0 Å². The van der Waals surface area contributed by atoms with E-state index in [0.717, 1.165) is 10.5 Å². The van der Waals surface area contributed by atoms with Crippen LogP contribution < -0.4 is 0 Å². The number of ketones is 1. The average Bonchev–Trinajstić information content (AvgIpc) is 2.28. The first-order valence-electron chi connectivity index (χ1n) is 4.84. The van der Waals surface area contributed by atoms with Crippen molar-refractivity contribution in [1.29, 1.82) is 0 Å². The van der Waals surface area contributed by atoms with Crippen LogP contribution in [-0.4, -0.2) is 22.2 Å². The standard InChI is InChI=1S/C12H10Br2O3/c13-6-5-11(15)9-1-3-10(14)8(7-9)2-4-12(16)17/h1-4,7H,5-6H2,(H,16,17)/b4-2+. The highest BCUT2D eigenvalue weighted by atomic mass is 79.9. The third kappa shape index (κ3) is 4.44. The summed E-state index contributed by atoms with van der Waals surface area (Å²) in [6, 6.07) is 5.13. The smallest absolute Gasteiger partial charge is 0.328 e. The normalized spacial score (nSPS) is 10.7. The molecule has 3 nitrogen and oxygen atoms in total. The van der Waals surface area contributed by atoms with Gasteiger partial charge in [-0.15, -0.1) is 0 Å². The number of alkyl halides is 1. The van der Waals surface area contributed by atoms with Gasteiger partial charge in [-0.2, -0.15) is 0 Å². The summed E-state index contributed by atoms with van der Waals surface area (Å²) in [6.07, 6.45) is 2.92. The van der Waals surface area contributed by atoms with Crippen molar-refractivity contribution >= 4 is 49.7 Å². The zero-order valence-corrected chi connectivity index (χ0v) is 12.0. The van der Waals surface area contributed by atoms with E-state index in [0.29, 0.717) is 22.9 Å². The zero-order valence-electron chi connectivity index (χ0n) is 8.82. The molecule has 1 aromatic rings. The Morgan fingerprint density at radius 2 is 2.06 bits per heavy atom. The Labute approximate surface area is 116 Å². The van der Waals surface area contributed by atoms with Gasteiger partial charge < -0.3 is 5.11 Å². The van der Waals surface area contributed by atoms with Gasteiger partial charge in [0.2, 0.25) is 0 Å². The van der Waals surface area contributed by atoms with Gasteiger partial charge in [0.15, 0.2) is 5.78 Å². The Morgan fingerprint density at radius 1 is 1.35 bits per heavy atom. The number of Topliss-reactive ketones (excluding diaryl/α,β-unsaturated/α-hetero) is 1. The third-order valence-electron chi connectivity index (χ3n) is 2.04. The lowest BCUT2D eigenvalue weighted by molar-refractivity contribution is -0.131. The van der Waals surface area contributed by atoms with Crippen molar-refractivity contribution in [1.82, 2.24) is 0 Å². The van der Waals surface area contributed by atoms with Gasteiger partial charge in [0, 0.05) is 27.9 Å². The topological polar surface area (TPSA) is 54.4 Å². The molecule has 1 aromatic carbocycles. The van der Waals surface area contributed by atoms with E-state index in [1.54, 1.807) is 18.2 Å². The minimum atomic E-state index is -1.02. The van der Waals surface area contributed by atoms with Crippen molar-refractivity contribution in [2.24, 2.45) is 0 Å². The SMILES string of the molecule is O=C(O)/C=C/c1cc(C(=O)CCBr)ccc1Br. The van der Waals surface area contributed by atoms with E-state index >= 15 is 0 Å². The molecule has 0 aromatic heterocycles. The second kappa shape index (κ2) is 6.71. The molecular formula is C12H10Br2O3. The Balaban J connectivity index is 3.02. The zero-order chi connectivity index (χ0) is 12.8. The fourth-order valence-electron chi connectivity index (χ4n) is 1.24. The largest absolute Gasteiger partial charge is 0.478 e. The average molecular weight is 362 g/mol. The van der Waals surface area contributed by atoms with Gasteiger partial charge in [-0.05, 0) is 23.8 Å². The molecule has 5 heteroatoms. The predicted molar refractivity (Wildman–Crippen MR) is 73.6 cm³/mol. The number of hydrogen-bond donors (Lipinski definition) is 1. The molecule has 0 fully saturated rings. The maximum Gasteiger partial charge on any atom is 0.328 e. The van der Waals surface area contributed by atoms with Crippen LogP contribution in [0.1, 0.15) is 22.3 Å². The minimum absolute atomic E-state index is 0.0272. The van der Waals surface area contributed by atoms with Crippen molar-refractivity contribution < 1.29 is 14.7 Å². The Kier molecular flexibility index (Phi) is 5.58. The molecule has 0 saturated carbocycles. The summed E-state index contributed by atoms with van der Waals surface area (Å²) in [7, 11) is 0. The highest BCUT2D eigenvalue weighted by Gasteiger charge is 2.07. The molecule has 0 aliphatic carbocycles. The first-order valence-corrected chi connectivity index (χ1v) is 6.75. The number of rotatable bonds is 5. The summed E-state index contributed by atoms with van der Waals surface area (Å²) in [5, 5.41) is 9.17. The van der Waals surface area contributed by atoms with E-state index in [1.165, 1.54) is 6.08 Å². The van der Waals surface area contributed by atoms with Crippen molar-refractivity contribution in [3.63, 3.8) is 0 Å². The summed E-state index contributed by atoms with van der Waals surface area (Å²) in [4.78, 5) is 22.1. The van der Waals surface area contributed by atoms with Gasteiger partial charge in [-0.1, -0.05) is 37.9 Å². The number of carbonyl (C=O) groups excluding carboxylic acids is 1. The van der Waals surface area contributed by atoms with E-state index in [1.807, 2.05) is 0 Å². The number of hydrogen-bond acceptors (Lipinski definition) is 2. The number of carboxylic acid groups (broad SMARTS) is 1. The minimum Gasteiger partial charge on any atom is -0.478 e. The first-order chi connectivity index (χ1) is 8.04. The van der Waals surface area contributed by atoms with Crippen LogP contribution in [0.15, 0.2) is 28.7 Å². The van der Waals surface area contributed by atoms with Crippen LogP contribution in [0.4, 0.5) is 0 Å². The third-order valence-corrected chi connectivity index (χ3v) is 3.16. The molecule has 1 N–H and O–H groups in total. The molecular weight excluding hydrogens is 352 g/mol. The molecule has 0 heterocycles. The van der Waals surface area contributed by atoms with Crippen LogP contribution in [0.3, 0.4) is 0 Å². The number of aliphatic carboxylic acids is 1. The Morgan fingerprint density at radius 3 is 2.65 bits per heavy atom. The van der Waals surface area contributed by atoms with Gasteiger partial charge in [0.25, 0.3) is 0 Å². The summed E-state index contributed by atoms with van der Waals surface area (Å²) in [5.74, 6) is -0.992. The molecule has 0 unspecified atom stereocenters. The second-order valence-corrected chi connectivity index (χ2v) is 4.92. The molecule has 0 aliphatic heterocycles. The van der Waals surface area contributed by atoms with Gasteiger partial charge in [-0.3, -0.25) is 4.79 Å². The highest BCUT2D eigenvalue weighted by molar-refractivity contribution is 9.10. The van der Waals surface area contributed by atoms with Crippen molar-refractivity contribution in [3.05, 3.63) is 39.9 Å². The van der Waals surface area contributed by atoms with Gasteiger partial charge in [0.1, 0.15) is 0 Å². The molecule has 0 bridgehead atoms. The van der Waals surface area contributed by atoms with E-state index in [4.69, 9.17) is 5.11 Å². The van der Waals surface area contributed by atoms with E-state index in [2.05, 4.69) is 31.9 Å². The van der Waals surface area contributed by atoms with Crippen LogP contribution in [-0.2, 0) is 4.79 Å². The maximum absolute atomic E-state index is 11.7. The van der Waals surface area contributed by atoms with E-state index < -0.39 is 5.97 Å². The lowest BCUT2D eigenvalue weighted by Gasteiger charge is -2.03. The predicted octanol–water partition coefficient (Wildman–Crippen LogP) is 3.51. The molecule has 0 spiro atoms. The van der Waals surface area contributed by atoms with Crippen molar-refractivity contribution in [2.45, 2.75) is 6.42 Å². The first kappa shape index (κ1) is 14.1. The highest BCUT2D eigenvalue weighted by Crippen LogP contribution is 2.20. The lowest BCUT2D eigenvalue weighted by Crippen LogP contribution is -2.00. The number of carboxylic acids is 1. The fourth-order valence-corrected chi connectivity index (χ4v) is 1.98. The maximum atomic E-state index is 11.7. The molecule has 17 heavy (non-hydrogen) atoms. The fraction of sp³-hybridized carbons (Fsp3) is 0.167. The molecule has 0 aliphatic rings. The van der Waals surface area contributed by atoms with Crippen LogP contribution in [0, 0.1) is 0 Å². The van der Waals surface area contributed by atoms with Crippen LogP contribution in [0.2, 0.25) is 0 Å². The molecule has 0 amide bonds. The quantitative estimate of drug-likeness (QED) is 0.496. The second-order valence-electron chi connectivity index (χ2n) is 3.27. The van der Waals surface area contributed by atoms with Crippen LogP contribution >= 0.6 is 31.9 Å². The molecule has 90 valence electrons. The number of benzene rings is 1. The molecule has 0 radical (unpaired) electrons. The Bertz CT molecular complexity index is 467. The summed E-state index contributed by atoms with van der Waals surface area (Å²) >= 11 is 6.51. The lowest BCUT2D eigenvalue weighted by atomic mass is 10.1. The number of carbonyl (C=O) groups is 2. The molecule has 0 atom stereocenters. The Hall–Kier alpha value is -0.940.